The maximum atomic E-state index is 10.1. The Labute approximate surface area is 147 Å². The average molecular weight is 332 g/mol. The van der Waals surface area contributed by atoms with Crippen LogP contribution in [0.15, 0.2) is 24.3 Å². The molecule has 1 aliphatic carbocycles. The van der Waals surface area contributed by atoms with Gasteiger partial charge in [-0.2, -0.15) is 0 Å². The molecule has 0 bridgehead atoms. The maximum Gasteiger partial charge on any atom is 0.119 e. The normalized spacial score (nSPS) is 28.7. The molecular weight excluding hydrogens is 298 g/mol. The first kappa shape index (κ1) is 17.8. The molecule has 1 N–H and O–H groups in total. The van der Waals surface area contributed by atoms with Crippen molar-refractivity contribution in [3.63, 3.8) is 0 Å². The Kier molecular flexibility index (Phi) is 6.18. The van der Waals surface area contributed by atoms with Crippen LogP contribution in [-0.4, -0.2) is 41.8 Å². The average Bonchev–Trinajstić information content (AvgIpc) is 2.60. The molecule has 0 spiro atoms. The molecule has 0 unspecified atom stereocenters. The van der Waals surface area contributed by atoms with Gasteiger partial charge in [0.15, 0.2) is 0 Å². The fraction of sp³-hybridized carbons (Fsp3) is 0.714. The second-order valence-corrected chi connectivity index (χ2v) is 7.94. The van der Waals surface area contributed by atoms with Crippen LogP contribution in [0.2, 0.25) is 0 Å². The van der Waals surface area contributed by atoms with Crippen molar-refractivity contribution in [3.05, 3.63) is 29.8 Å². The van der Waals surface area contributed by atoms with E-state index in [0.29, 0.717) is 5.92 Å². The zero-order valence-corrected chi connectivity index (χ0v) is 15.2. The molecule has 2 aliphatic rings. The molecule has 1 heterocycles. The third kappa shape index (κ3) is 5.22. The molecule has 1 saturated heterocycles. The lowest BCUT2D eigenvalue weighted by atomic mass is 9.77. The van der Waals surface area contributed by atoms with Gasteiger partial charge in [-0.3, -0.25) is 0 Å². The smallest absolute Gasteiger partial charge is 0.119 e. The Morgan fingerprint density at radius 2 is 1.75 bits per heavy atom. The Balaban J connectivity index is 1.38. The molecule has 3 nitrogen and oxygen atoms in total. The first-order valence-corrected chi connectivity index (χ1v) is 9.80. The van der Waals surface area contributed by atoms with Crippen molar-refractivity contribution < 1.29 is 9.84 Å². The van der Waals surface area contributed by atoms with Crippen molar-refractivity contribution in [2.24, 2.45) is 0 Å². The van der Waals surface area contributed by atoms with E-state index in [9.17, 15) is 5.11 Å². The highest BCUT2D eigenvalue weighted by Gasteiger charge is 2.29. The first-order chi connectivity index (χ1) is 11.6. The molecule has 1 saturated carbocycles. The van der Waals surface area contributed by atoms with Crippen LogP contribution in [-0.2, 0) is 0 Å². The molecule has 2 fully saturated rings. The Bertz CT molecular complexity index is 481. The van der Waals surface area contributed by atoms with Crippen molar-refractivity contribution in [1.82, 2.24) is 4.90 Å². The number of rotatable bonds is 6. The lowest BCUT2D eigenvalue weighted by Gasteiger charge is -2.33. The van der Waals surface area contributed by atoms with E-state index in [-0.39, 0.29) is 0 Å². The molecule has 0 amide bonds. The highest BCUT2D eigenvalue weighted by molar-refractivity contribution is 5.29. The van der Waals surface area contributed by atoms with Gasteiger partial charge in [0.2, 0.25) is 0 Å². The predicted octanol–water partition coefficient (Wildman–Crippen LogP) is 4.35. The van der Waals surface area contributed by atoms with E-state index in [1.807, 2.05) is 6.92 Å². The number of hydrogen-bond donors (Lipinski definition) is 1. The van der Waals surface area contributed by atoms with Gasteiger partial charge in [-0.25, -0.2) is 0 Å². The summed E-state index contributed by atoms with van der Waals surface area (Å²) in [5.41, 5.74) is 0.944. The largest absolute Gasteiger partial charge is 0.494 e. The third-order valence-corrected chi connectivity index (χ3v) is 5.75. The highest BCUT2D eigenvalue weighted by atomic mass is 16.5. The molecule has 24 heavy (non-hydrogen) atoms. The summed E-state index contributed by atoms with van der Waals surface area (Å²) in [6.07, 6.45) is 9.22. The summed E-state index contributed by atoms with van der Waals surface area (Å²) >= 11 is 0. The fourth-order valence-corrected chi connectivity index (χ4v) is 4.07. The summed E-state index contributed by atoms with van der Waals surface area (Å²) < 4.78 is 5.91. The molecule has 3 rings (SSSR count). The second kappa shape index (κ2) is 8.35. The molecule has 1 aromatic carbocycles. The summed E-state index contributed by atoms with van der Waals surface area (Å²) in [6, 6.07) is 8.65. The Hall–Kier alpha value is -1.06. The molecule has 0 aromatic heterocycles. The van der Waals surface area contributed by atoms with Gasteiger partial charge in [-0.05, 0) is 88.6 Å². The number of aliphatic hydroxyl groups is 1. The van der Waals surface area contributed by atoms with Crippen molar-refractivity contribution >= 4 is 0 Å². The molecule has 1 aliphatic heterocycles. The molecule has 134 valence electrons. The van der Waals surface area contributed by atoms with Crippen LogP contribution in [0.1, 0.15) is 69.8 Å². The van der Waals surface area contributed by atoms with E-state index < -0.39 is 5.60 Å². The van der Waals surface area contributed by atoms with E-state index >= 15 is 0 Å². The lowest BCUT2D eigenvalue weighted by Crippen LogP contribution is -2.31. The van der Waals surface area contributed by atoms with Gasteiger partial charge in [0, 0.05) is 6.54 Å². The van der Waals surface area contributed by atoms with Gasteiger partial charge < -0.3 is 14.7 Å². The summed E-state index contributed by atoms with van der Waals surface area (Å²) in [7, 11) is 0. The number of likely N-dealkylation sites (tertiary alicyclic amines) is 1. The second-order valence-electron chi connectivity index (χ2n) is 7.94. The standard InChI is InChI=1S/C21H33NO2/c1-21(23)12-10-19(11-13-21)18-6-8-20(9-7-18)24-17-5-16-22-14-3-2-4-15-22/h6-9,19,23H,2-5,10-17H2,1H3. The Morgan fingerprint density at radius 3 is 2.42 bits per heavy atom. The van der Waals surface area contributed by atoms with E-state index in [0.717, 1.165) is 44.5 Å². The predicted molar refractivity (Wildman–Crippen MR) is 98.7 cm³/mol. The molecule has 0 radical (unpaired) electrons. The van der Waals surface area contributed by atoms with Gasteiger partial charge in [0.25, 0.3) is 0 Å². The van der Waals surface area contributed by atoms with E-state index in [2.05, 4.69) is 29.2 Å². The number of nitrogens with zero attached hydrogens (tertiary/aromatic N) is 1. The SMILES string of the molecule is CC1(O)CCC(c2ccc(OCCCN3CCCCC3)cc2)CC1. The van der Waals surface area contributed by atoms with Gasteiger partial charge >= 0.3 is 0 Å². The van der Waals surface area contributed by atoms with Crippen LogP contribution < -0.4 is 4.74 Å². The van der Waals surface area contributed by atoms with Gasteiger partial charge in [-0.1, -0.05) is 18.6 Å². The summed E-state index contributed by atoms with van der Waals surface area (Å²) in [5.74, 6) is 1.58. The van der Waals surface area contributed by atoms with Crippen LogP contribution >= 0.6 is 0 Å². The van der Waals surface area contributed by atoms with Crippen molar-refractivity contribution in [1.29, 1.82) is 0 Å². The molecule has 0 atom stereocenters. The van der Waals surface area contributed by atoms with Crippen LogP contribution in [0.25, 0.3) is 0 Å². The molecule has 1 aromatic rings. The summed E-state index contributed by atoms with van der Waals surface area (Å²) in [6.45, 7) is 6.47. The van der Waals surface area contributed by atoms with Crippen LogP contribution in [0.4, 0.5) is 0 Å². The lowest BCUT2D eigenvalue weighted by molar-refractivity contribution is 0.0172. The minimum absolute atomic E-state index is 0.450. The minimum Gasteiger partial charge on any atom is -0.494 e. The summed E-state index contributed by atoms with van der Waals surface area (Å²) in [5, 5.41) is 10.1. The van der Waals surface area contributed by atoms with Crippen LogP contribution in [0, 0.1) is 0 Å². The van der Waals surface area contributed by atoms with Gasteiger partial charge in [0.05, 0.1) is 12.2 Å². The van der Waals surface area contributed by atoms with E-state index in [1.54, 1.807) is 0 Å². The van der Waals surface area contributed by atoms with E-state index in [1.165, 1.54) is 44.5 Å². The van der Waals surface area contributed by atoms with Crippen molar-refractivity contribution in [2.45, 2.75) is 69.8 Å². The van der Waals surface area contributed by atoms with Gasteiger partial charge in [-0.15, -0.1) is 0 Å². The zero-order valence-electron chi connectivity index (χ0n) is 15.2. The quantitative estimate of drug-likeness (QED) is 0.787. The number of piperidine rings is 1. The fourth-order valence-electron chi connectivity index (χ4n) is 4.07. The molecule has 3 heteroatoms. The first-order valence-electron chi connectivity index (χ1n) is 9.80. The van der Waals surface area contributed by atoms with Crippen LogP contribution in [0.3, 0.4) is 0 Å². The van der Waals surface area contributed by atoms with Crippen molar-refractivity contribution in [2.75, 3.05) is 26.2 Å². The maximum absolute atomic E-state index is 10.1. The monoisotopic (exact) mass is 331 g/mol. The summed E-state index contributed by atoms with van der Waals surface area (Å²) in [4.78, 5) is 2.56. The topological polar surface area (TPSA) is 32.7 Å². The third-order valence-electron chi connectivity index (χ3n) is 5.75. The zero-order chi connectivity index (χ0) is 16.8. The van der Waals surface area contributed by atoms with E-state index in [4.69, 9.17) is 4.74 Å². The van der Waals surface area contributed by atoms with Crippen molar-refractivity contribution in [3.8, 4) is 5.75 Å². The van der Waals surface area contributed by atoms with Crippen LogP contribution in [0.5, 0.6) is 5.75 Å². The number of hydrogen-bond acceptors (Lipinski definition) is 3. The highest BCUT2D eigenvalue weighted by Crippen LogP contribution is 2.38. The number of ether oxygens (including phenoxy) is 1. The number of benzene rings is 1. The minimum atomic E-state index is -0.450. The molecular formula is C21H33NO2. The Morgan fingerprint density at radius 1 is 1.08 bits per heavy atom. The van der Waals surface area contributed by atoms with Gasteiger partial charge in [0.1, 0.15) is 5.75 Å².